The lowest BCUT2D eigenvalue weighted by Crippen LogP contribution is -2.40. The molecule has 0 aliphatic carbocycles. The van der Waals surface area contributed by atoms with E-state index in [1.807, 2.05) is 86.0 Å². The summed E-state index contributed by atoms with van der Waals surface area (Å²) in [5.41, 5.74) is 2.88. The quantitative estimate of drug-likeness (QED) is 0.153. The minimum absolute atomic E-state index is 0.199. The molecule has 3 aromatic carbocycles. The summed E-state index contributed by atoms with van der Waals surface area (Å²) in [7, 11) is 0. The van der Waals surface area contributed by atoms with Gasteiger partial charge in [-0.3, -0.25) is 9.36 Å². The molecule has 1 aliphatic heterocycles. The van der Waals surface area contributed by atoms with E-state index in [1.54, 1.807) is 23.3 Å². The first-order chi connectivity index (χ1) is 19.9. The second-order valence-corrected chi connectivity index (χ2v) is 12.6. The smallest absolute Gasteiger partial charge is 0.338 e. The van der Waals surface area contributed by atoms with Gasteiger partial charge in [-0.2, -0.15) is 0 Å². The summed E-state index contributed by atoms with van der Waals surface area (Å²) < 4.78 is 15.1. The average molecular weight is 715 g/mol. The van der Waals surface area contributed by atoms with Crippen molar-refractivity contribution in [1.29, 1.82) is 0 Å². The topological polar surface area (TPSA) is 69.9 Å². The number of benzene rings is 3. The lowest BCUT2D eigenvalue weighted by Gasteiger charge is -2.26. The zero-order chi connectivity index (χ0) is 29.1. The predicted molar refractivity (Wildman–Crippen MR) is 172 cm³/mol. The van der Waals surface area contributed by atoms with Crippen LogP contribution in [-0.4, -0.2) is 30.0 Å². The monoisotopic (exact) mass is 712 g/mol. The molecule has 0 saturated carbocycles. The number of rotatable bonds is 8. The Bertz CT molecular complexity index is 1810. The Hall–Kier alpha value is -2.92. The standard InChI is InChI=1S/C31H26Br2N2O4S2/c1-4-38-28-20(15-21(32)17-23(28)33)16-24-29(36)35-27(19-11-13-22(40-3)14-12-19)25(30(37)39-5-2)26(34-31(35)41-24)18-9-7-6-8-10-18/h6-17,27H,4-5H2,1-3H3/b24-16-/t27-/m1/s1. The zero-order valence-electron chi connectivity index (χ0n) is 22.5. The van der Waals surface area contributed by atoms with Gasteiger partial charge in [-0.15, -0.1) is 11.8 Å². The number of carbonyl (C=O) groups excluding carboxylic acids is 1. The van der Waals surface area contributed by atoms with Crippen molar-refractivity contribution in [2.45, 2.75) is 24.8 Å². The molecule has 1 atom stereocenters. The van der Waals surface area contributed by atoms with Crippen LogP contribution in [-0.2, 0) is 9.53 Å². The highest BCUT2D eigenvalue weighted by atomic mass is 79.9. The number of halogens is 2. The molecular weight excluding hydrogens is 688 g/mol. The molecule has 0 fully saturated rings. The van der Waals surface area contributed by atoms with Gasteiger partial charge in [0.05, 0.1) is 39.5 Å². The van der Waals surface area contributed by atoms with Crippen LogP contribution >= 0.6 is 55.0 Å². The second-order valence-electron chi connectivity index (χ2n) is 8.94. The molecule has 0 unspecified atom stereocenters. The number of hydrogen-bond donors (Lipinski definition) is 0. The van der Waals surface area contributed by atoms with Crippen molar-refractivity contribution in [2.75, 3.05) is 19.5 Å². The van der Waals surface area contributed by atoms with Gasteiger partial charge >= 0.3 is 5.97 Å². The fourth-order valence-corrected chi connectivity index (χ4v) is 7.44. The third-order valence-electron chi connectivity index (χ3n) is 6.42. The minimum Gasteiger partial charge on any atom is -0.492 e. The van der Waals surface area contributed by atoms with Crippen LogP contribution in [0, 0.1) is 0 Å². The Labute approximate surface area is 262 Å². The van der Waals surface area contributed by atoms with Crippen molar-refractivity contribution in [2.24, 2.45) is 4.99 Å². The summed E-state index contributed by atoms with van der Waals surface area (Å²) >= 11 is 10.0. The van der Waals surface area contributed by atoms with E-state index in [1.165, 1.54) is 11.3 Å². The maximum atomic E-state index is 14.2. The van der Waals surface area contributed by atoms with E-state index in [0.29, 0.717) is 33.0 Å². The van der Waals surface area contributed by atoms with Crippen LogP contribution in [0.25, 0.3) is 11.8 Å². The molecule has 1 aromatic heterocycles. The molecular formula is C31H26Br2N2O4S2. The largest absolute Gasteiger partial charge is 0.492 e. The SMILES string of the molecule is CCOC(=O)C1=C(c2ccccc2)N=c2s/c(=C\c3cc(Br)cc(Br)c3OCC)c(=O)n2[C@@H]1c1ccc(SC)cc1. The zero-order valence-corrected chi connectivity index (χ0v) is 27.3. The van der Waals surface area contributed by atoms with Gasteiger partial charge in [-0.1, -0.05) is 69.7 Å². The number of fused-ring (bicyclic) bond motifs is 1. The van der Waals surface area contributed by atoms with Crippen molar-refractivity contribution >= 4 is 72.7 Å². The average Bonchev–Trinajstić information content (AvgIpc) is 3.28. The highest BCUT2D eigenvalue weighted by Gasteiger charge is 2.35. The van der Waals surface area contributed by atoms with Crippen LogP contribution in [0.2, 0.25) is 0 Å². The summed E-state index contributed by atoms with van der Waals surface area (Å²) in [6, 6.07) is 20.5. The van der Waals surface area contributed by atoms with Gasteiger partial charge in [-0.25, -0.2) is 9.79 Å². The maximum absolute atomic E-state index is 14.2. The summed E-state index contributed by atoms with van der Waals surface area (Å²) in [6.07, 6.45) is 3.82. The van der Waals surface area contributed by atoms with E-state index in [-0.39, 0.29) is 12.2 Å². The van der Waals surface area contributed by atoms with Crippen molar-refractivity contribution < 1.29 is 14.3 Å². The Morgan fingerprint density at radius 2 is 1.80 bits per heavy atom. The molecule has 0 bridgehead atoms. The fraction of sp³-hybridized carbons (Fsp3) is 0.194. The number of aromatic nitrogens is 1. The van der Waals surface area contributed by atoms with Gasteiger partial charge in [0.15, 0.2) is 4.80 Å². The molecule has 10 heteroatoms. The van der Waals surface area contributed by atoms with Crippen molar-refractivity contribution in [3.63, 3.8) is 0 Å². The first-order valence-corrected chi connectivity index (χ1v) is 16.5. The Balaban J connectivity index is 1.83. The van der Waals surface area contributed by atoms with Gasteiger partial charge in [0.25, 0.3) is 5.56 Å². The van der Waals surface area contributed by atoms with E-state index in [9.17, 15) is 9.59 Å². The lowest BCUT2D eigenvalue weighted by atomic mass is 9.93. The number of thioether (sulfide) groups is 1. The molecule has 210 valence electrons. The van der Waals surface area contributed by atoms with E-state index in [4.69, 9.17) is 14.5 Å². The summed E-state index contributed by atoms with van der Waals surface area (Å²) in [4.78, 5) is 34.3. The van der Waals surface area contributed by atoms with Crippen LogP contribution in [0.3, 0.4) is 0 Å². The fourth-order valence-electron chi connectivity index (χ4n) is 4.67. The van der Waals surface area contributed by atoms with Crippen LogP contribution in [0.5, 0.6) is 5.75 Å². The van der Waals surface area contributed by atoms with Crippen LogP contribution < -0.4 is 19.6 Å². The summed E-state index contributed by atoms with van der Waals surface area (Å²) in [6.45, 7) is 4.35. The predicted octanol–water partition coefficient (Wildman–Crippen LogP) is 6.58. The number of carbonyl (C=O) groups is 1. The lowest BCUT2D eigenvalue weighted by molar-refractivity contribution is -0.138. The first-order valence-electron chi connectivity index (χ1n) is 12.9. The third-order valence-corrected chi connectivity index (χ3v) is 9.19. The number of hydrogen-bond acceptors (Lipinski definition) is 7. The van der Waals surface area contributed by atoms with Crippen LogP contribution in [0.15, 0.2) is 95.9 Å². The number of nitrogens with zero attached hydrogens (tertiary/aromatic N) is 2. The highest BCUT2D eigenvalue weighted by molar-refractivity contribution is 9.11. The minimum atomic E-state index is -0.723. The van der Waals surface area contributed by atoms with Crippen molar-refractivity contribution in [1.82, 2.24) is 4.57 Å². The Kier molecular flexibility index (Phi) is 9.33. The first kappa shape index (κ1) is 29.6. The molecule has 5 rings (SSSR count). The Morgan fingerprint density at radius 1 is 1.07 bits per heavy atom. The molecule has 6 nitrogen and oxygen atoms in total. The summed E-state index contributed by atoms with van der Waals surface area (Å²) in [5.74, 6) is 0.140. The number of ether oxygens (including phenoxy) is 2. The van der Waals surface area contributed by atoms with E-state index >= 15 is 0 Å². The van der Waals surface area contributed by atoms with Gasteiger partial charge < -0.3 is 9.47 Å². The molecule has 41 heavy (non-hydrogen) atoms. The Morgan fingerprint density at radius 3 is 2.46 bits per heavy atom. The van der Waals surface area contributed by atoms with E-state index < -0.39 is 12.0 Å². The molecule has 0 N–H and O–H groups in total. The molecule has 0 radical (unpaired) electrons. The molecule has 2 heterocycles. The normalized spacial score (nSPS) is 15.0. The van der Waals surface area contributed by atoms with Crippen LogP contribution in [0.1, 0.15) is 36.6 Å². The molecule has 1 aliphatic rings. The molecule has 0 saturated heterocycles. The van der Waals surface area contributed by atoms with Gasteiger partial charge in [0.2, 0.25) is 0 Å². The number of esters is 1. The second kappa shape index (κ2) is 12.9. The number of thiazole rings is 1. The van der Waals surface area contributed by atoms with Gasteiger partial charge in [-0.05, 0) is 71.9 Å². The van der Waals surface area contributed by atoms with Gasteiger partial charge in [0.1, 0.15) is 5.75 Å². The van der Waals surface area contributed by atoms with E-state index in [0.717, 1.165) is 30.5 Å². The molecule has 0 spiro atoms. The van der Waals surface area contributed by atoms with Crippen molar-refractivity contribution in [3.8, 4) is 5.75 Å². The molecule has 4 aromatic rings. The highest BCUT2D eigenvalue weighted by Crippen LogP contribution is 2.36. The molecule has 0 amide bonds. The van der Waals surface area contributed by atoms with Gasteiger partial charge in [0, 0.05) is 20.5 Å². The summed E-state index contributed by atoms with van der Waals surface area (Å²) in [5, 5.41) is 0. The maximum Gasteiger partial charge on any atom is 0.338 e. The third kappa shape index (κ3) is 6.02. The van der Waals surface area contributed by atoms with Crippen molar-refractivity contribution in [3.05, 3.63) is 118 Å². The van der Waals surface area contributed by atoms with E-state index in [2.05, 4.69) is 31.9 Å². The van der Waals surface area contributed by atoms with Crippen LogP contribution in [0.4, 0.5) is 0 Å².